The number of rotatable bonds is 3. The first-order valence-corrected chi connectivity index (χ1v) is 6.63. The highest BCUT2D eigenvalue weighted by Crippen LogP contribution is 2.28. The van der Waals surface area contributed by atoms with Crippen molar-refractivity contribution in [3.63, 3.8) is 0 Å². The van der Waals surface area contributed by atoms with Crippen molar-refractivity contribution in [2.45, 2.75) is 13.0 Å². The molecule has 0 spiro atoms. The van der Waals surface area contributed by atoms with Gasteiger partial charge in [0.05, 0.1) is 6.04 Å². The van der Waals surface area contributed by atoms with Gasteiger partial charge in [-0.1, -0.05) is 6.07 Å². The minimum atomic E-state index is -0.341. The lowest BCUT2D eigenvalue weighted by atomic mass is 10.1. The zero-order valence-corrected chi connectivity index (χ0v) is 11.5. The third-order valence-corrected chi connectivity index (χ3v) is 3.53. The van der Waals surface area contributed by atoms with Crippen LogP contribution in [0.5, 0.6) is 0 Å². The molecule has 1 aromatic carbocycles. The molecule has 3 aromatic heterocycles. The Labute approximate surface area is 123 Å². The van der Waals surface area contributed by atoms with Crippen LogP contribution in [0.1, 0.15) is 18.8 Å². The molecule has 9 heteroatoms. The summed E-state index contributed by atoms with van der Waals surface area (Å²) in [5.74, 6) is 1.22. The Morgan fingerprint density at radius 2 is 2.23 bits per heavy atom. The van der Waals surface area contributed by atoms with Crippen LogP contribution in [0.15, 0.2) is 40.0 Å². The van der Waals surface area contributed by atoms with E-state index >= 15 is 0 Å². The highest BCUT2D eigenvalue weighted by Gasteiger charge is 2.19. The molecule has 0 radical (unpaired) electrons. The van der Waals surface area contributed by atoms with Crippen LogP contribution in [0.2, 0.25) is 0 Å². The Bertz CT molecular complexity index is 993. The molecule has 0 aliphatic carbocycles. The standard InChI is InChI=1S/C13H11N7O2/c1-7(11-15-13(21)17-16-11)20-6-5-14-12(20)8-3-2-4-9-10(8)19-22-18-9/h2-7H,1H3,(H2,15,16,17,21). The molecule has 0 saturated heterocycles. The Kier molecular flexibility index (Phi) is 2.65. The molecule has 0 fully saturated rings. The average molecular weight is 297 g/mol. The smallest absolute Gasteiger partial charge is 0.320 e. The molecule has 0 aliphatic heterocycles. The molecule has 22 heavy (non-hydrogen) atoms. The van der Waals surface area contributed by atoms with Crippen molar-refractivity contribution in [3.05, 3.63) is 46.9 Å². The van der Waals surface area contributed by atoms with Gasteiger partial charge in [-0.05, 0) is 29.4 Å². The van der Waals surface area contributed by atoms with Crippen LogP contribution in [-0.4, -0.2) is 35.0 Å². The van der Waals surface area contributed by atoms with Gasteiger partial charge in [-0.3, -0.25) is 4.98 Å². The Hall–Kier alpha value is -3.23. The lowest BCUT2D eigenvalue weighted by molar-refractivity contribution is 0.315. The fraction of sp³-hybridized carbons (Fsp3) is 0.154. The van der Waals surface area contributed by atoms with E-state index in [-0.39, 0.29) is 11.7 Å². The second kappa shape index (κ2) is 4.65. The van der Waals surface area contributed by atoms with E-state index in [1.807, 2.05) is 35.9 Å². The predicted octanol–water partition coefficient (Wildman–Crippen LogP) is 1.11. The number of hydrogen-bond donors (Lipinski definition) is 2. The molecule has 2 N–H and O–H groups in total. The molecule has 0 aliphatic rings. The molecule has 1 atom stereocenters. The number of nitrogens with one attached hydrogen (secondary N) is 2. The Morgan fingerprint density at radius 1 is 1.32 bits per heavy atom. The van der Waals surface area contributed by atoms with Crippen molar-refractivity contribution in [1.29, 1.82) is 0 Å². The zero-order valence-electron chi connectivity index (χ0n) is 11.5. The number of hydrogen-bond acceptors (Lipinski definition) is 6. The second-order valence-corrected chi connectivity index (χ2v) is 4.83. The van der Waals surface area contributed by atoms with Gasteiger partial charge in [0.25, 0.3) is 0 Å². The summed E-state index contributed by atoms with van der Waals surface area (Å²) >= 11 is 0. The van der Waals surface area contributed by atoms with Gasteiger partial charge in [0.2, 0.25) is 0 Å². The van der Waals surface area contributed by atoms with Crippen LogP contribution >= 0.6 is 0 Å². The zero-order chi connectivity index (χ0) is 15.1. The van der Waals surface area contributed by atoms with E-state index in [0.29, 0.717) is 22.7 Å². The molecule has 4 rings (SSSR count). The Morgan fingerprint density at radius 3 is 3.05 bits per heavy atom. The highest BCUT2D eigenvalue weighted by atomic mass is 16.6. The maximum atomic E-state index is 11.2. The fourth-order valence-electron chi connectivity index (χ4n) is 2.43. The molecule has 0 amide bonds. The van der Waals surface area contributed by atoms with E-state index in [0.717, 1.165) is 5.56 Å². The summed E-state index contributed by atoms with van der Waals surface area (Å²) in [5.41, 5.74) is 1.75. The summed E-state index contributed by atoms with van der Waals surface area (Å²) in [6.07, 6.45) is 3.50. The maximum absolute atomic E-state index is 11.2. The number of aromatic nitrogens is 7. The van der Waals surface area contributed by atoms with Gasteiger partial charge in [-0.25, -0.2) is 19.5 Å². The fourth-order valence-corrected chi connectivity index (χ4v) is 2.43. The van der Waals surface area contributed by atoms with E-state index in [1.165, 1.54) is 0 Å². The summed E-state index contributed by atoms with van der Waals surface area (Å²) in [7, 11) is 0. The van der Waals surface area contributed by atoms with Crippen molar-refractivity contribution in [1.82, 2.24) is 35.0 Å². The topological polar surface area (TPSA) is 118 Å². The lowest BCUT2D eigenvalue weighted by Crippen LogP contribution is -2.10. The van der Waals surface area contributed by atoms with E-state index in [9.17, 15) is 4.79 Å². The van der Waals surface area contributed by atoms with Crippen molar-refractivity contribution < 1.29 is 4.63 Å². The van der Waals surface area contributed by atoms with E-state index in [4.69, 9.17) is 4.63 Å². The summed E-state index contributed by atoms with van der Waals surface area (Å²) in [6, 6.07) is 5.37. The van der Waals surface area contributed by atoms with Crippen molar-refractivity contribution in [3.8, 4) is 11.4 Å². The first-order chi connectivity index (χ1) is 10.7. The lowest BCUT2D eigenvalue weighted by Gasteiger charge is -2.13. The molecule has 0 saturated carbocycles. The molecule has 3 heterocycles. The third-order valence-electron chi connectivity index (χ3n) is 3.53. The molecule has 1 unspecified atom stereocenters. The summed E-state index contributed by atoms with van der Waals surface area (Å²) in [5, 5.41) is 14.1. The monoisotopic (exact) mass is 297 g/mol. The minimum Gasteiger partial charge on any atom is -0.320 e. The second-order valence-electron chi connectivity index (χ2n) is 4.83. The van der Waals surface area contributed by atoms with Gasteiger partial charge in [-0.2, -0.15) is 5.10 Å². The van der Waals surface area contributed by atoms with E-state index in [1.54, 1.807) is 6.20 Å². The number of benzene rings is 1. The van der Waals surface area contributed by atoms with Gasteiger partial charge in [-0.15, -0.1) is 0 Å². The predicted molar refractivity (Wildman–Crippen MR) is 76.0 cm³/mol. The maximum Gasteiger partial charge on any atom is 0.340 e. The third kappa shape index (κ3) is 1.83. The van der Waals surface area contributed by atoms with Crippen LogP contribution in [0.4, 0.5) is 0 Å². The van der Waals surface area contributed by atoms with Crippen LogP contribution in [-0.2, 0) is 0 Å². The average Bonchev–Trinajstić information content (AvgIpc) is 3.25. The molecular formula is C13H11N7O2. The van der Waals surface area contributed by atoms with Crippen molar-refractivity contribution in [2.24, 2.45) is 0 Å². The molecule has 9 nitrogen and oxygen atoms in total. The normalized spacial score (nSPS) is 12.8. The van der Waals surface area contributed by atoms with E-state index < -0.39 is 0 Å². The van der Waals surface area contributed by atoms with Crippen LogP contribution in [0.3, 0.4) is 0 Å². The number of fused-ring (bicyclic) bond motifs is 1. The van der Waals surface area contributed by atoms with Gasteiger partial charge in [0.15, 0.2) is 5.82 Å². The number of imidazole rings is 1. The highest BCUT2D eigenvalue weighted by molar-refractivity contribution is 5.88. The van der Waals surface area contributed by atoms with Crippen molar-refractivity contribution >= 4 is 11.0 Å². The minimum absolute atomic E-state index is 0.202. The number of nitrogens with zero attached hydrogens (tertiary/aromatic N) is 5. The Balaban J connectivity index is 1.86. The van der Waals surface area contributed by atoms with E-state index in [2.05, 4.69) is 30.5 Å². The van der Waals surface area contributed by atoms with Crippen molar-refractivity contribution in [2.75, 3.05) is 0 Å². The molecular weight excluding hydrogens is 286 g/mol. The van der Waals surface area contributed by atoms with Crippen LogP contribution in [0, 0.1) is 0 Å². The molecule has 0 bridgehead atoms. The molecule has 110 valence electrons. The van der Waals surface area contributed by atoms with Crippen LogP contribution in [0.25, 0.3) is 22.4 Å². The van der Waals surface area contributed by atoms with Gasteiger partial charge < -0.3 is 4.57 Å². The number of H-pyrrole nitrogens is 2. The summed E-state index contributed by atoms with van der Waals surface area (Å²) in [4.78, 5) is 18.3. The number of aromatic amines is 2. The largest absolute Gasteiger partial charge is 0.340 e. The molecule has 4 aromatic rings. The first kappa shape index (κ1) is 12.5. The first-order valence-electron chi connectivity index (χ1n) is 6.63. The SMILES string of the molecule is CC(c1n[nH]c(=O)[nH]1)n1ccnc1-c1cccc2nonc12. The van der Waals surface area contributed by atoms with Gasteiger partial charge in [0.1, 0.15) is 16.9 Å². The summed E-state index contributed by atoms with van der Waals surface area (Å²) in [6.45, 7) is 1.92. The quantitative estimate of drug-likeness (QED) is 0.584. The van der Waals surface area contributed by atoms with Gasteiger partial charge >= 0.3 is 5.69 Å². The summed E-state index contributed by atoms with van der Waals surface area (Å²) < 4.78 is 6.69. The van der Waals surface area contributed by atoms with Crippen LogP contribution < -0.4 is 5.69 Å². The van der Waals surface area contributed by atoms with Gasteiger partial charge in [0, 0.05) is 18.0 Å².